The van der Waals surface area contributed by atoms with Gasteiger partial charge in [0, 0.05) is 11.1 Å². The lowest BCUT2D eigenvalue weighted by Gasteiger charge is -2.39. The highest BCUT2D eigenvalue weighted by Crippen LogP contribution is 2.54. The van der Waals surface area contributed by atoms with Gasteiger partial charge in [-0.1, -0.05) is 68.5 Å². The second-order valence-corrected chi connectivity index (χ2v) is 7.06. The number of carbonyl (C=O) groups excluding carboxylic acids is 1. The zero-order valence-corrected chi connectivity index (χ0v) is 14.7. The van der Waals surface area contributed by atoms with E-state index >= 15 is 0 Å². The summed E-state index contributed by atoms with van der Waals surface area (Å²) in [5.74, 6) is -0.0241. The molecule has 0 N–H and O–H groups in total. The number of anilines is 1. The molecule has 3 heteroatoms. The Bertz CT molecular complexity index is 848. The van der Waals surface area contributed by atoms with Gasteiger partial charge in [-0.05, 0) is 17.2 Å². The number of nitriles is 1. The predicted molar refractivity (Wildman–Crippen MR) is 100.0 cm³/mol. The third-order valence-electron chi connectivity index (χ3n) is 5.40. The molecule has 1 atom stereocenters. The third-order valence-corrected chi connectivity index (χ3v) is 5.40. The average Bonchev–Trinajstić information content (AvgIpc) is 2.87. The number of hydrogen-bond donors (Lipinski definition) is 0. The van der Waals surface area contributed by atoms with Crippen molar-refractivity contribution in [1.29, 1.82) is 5.26 Å². The molecule has 2 aromatic carbocycles. The van der Waals surface area contributed by atoms with Crippen LogP contribution in [0.1, 0.15) is 31.4 Å². The number of hydrogen-bond acceptors (Lipinski definition) is 2. The molecule has 0 saturated heterocycles. The molecule has 1 aliphatic heterocycles. The van der Waals surface area contributed by atoms with Crippen molar-refractivity contribution in [2.24, 2.45) is 5.41 Å². The largest absolute Gasteiger partial charge is 0.307 e. The number of nitrogens with zero attached hydrogens (tertiary/aromatic N) is 2. The van der Waals surface area contributed by atoms with E-state index in [1.807, 2.05) is 73.3 Å². The van der Waals surface area contributed by atoms with Crippen molar-refractivity contribution >= 4 is 11.6 Å². The van der Waals surface area contributed by atoms with E-state index in [0.29, 0.717) is 6.54 Å². The smallest absolute Gasteiger partial charge is 0.239 e. The molecule has 0 aromatic heterocycles. The van der Waals surface area contributed by atoms with Crippen molar-refractivity contribution in [3.8, 4) is 6.07 Å². The van der Waals surface area contributed by atoms with Crippen LogP contribution in [0, 0.1) is 16.7 Å². The van der Waals surface area contributed by atoms with Crippen molar-refractivity contribution in [3.05, 3.63) is 78.4 Å². The van der Waals surface area contributed by atoms with Crippen LogP contribution in [0.25, 0.3) is 0 Å². The van der Waals surface area contributed by atoms with Crippen LogP contribution in [0.3, 0.4) is 0 Å². The zero-order valence-electron chi connectivity index (χ0n) is 14.7. The van der Waals surface area contributed by atoms with E-state index in [1.54, 1.807) is 6.08 Å². The minimum absolute atomic E-state index is 0.0241. The summed E-state index contributed by atoms with van der Waals surface area (Å²) in [5.41, 5.74) is 1.43. The maximum Gasteiger partial charge on any atom is 0.239 e. The fraction of sp³-hybridized carbons (Fsp3) is 0.273. The van der Waals surface area contributed by atoms with E-state index in [2.05, 4.69) is 12.6 Å². The summed E-state index contributed by atoms with van der Waals surface area (Å²) < 4.78 is 0. The van der Waals surface area contributed by atoms with E-state index in [9.17, 15) is 10.1 Å². The zero-order chi connectivity index (χ0) is 18.1. The minimum atomic E-state index is -0.908. The van der Waals surface area contributed by atoms with E-state index < -0.39 is 10.8 Å². The molecule has 1 aliphatic rings. The first-order chi connectivity index (χ1) is 12.0. The molecule has 0 bridgehead atoms. The highest BCUT2D eigenvalue weighted by Gasteiger charge is 2.58. The van der Waals surface area contributed by atoms with E-state index in [4.69, 9.17) is 0 Å². The van der Waals surface area contributed by atoms with Gasteiger partial charge in [0.05, 0.1) is 24.4 Å². The highest BCUT2D eigenvalue weighted by molar-refractivity contribution is 6.09. The van der Waals surface area contributed by atoms with Crippen molar-refractivity contribution in [3.63, 3.8) is 0 Å². The third kappa shape index (κ3) is 2.46. The maximum atomic E-state index is 13.6. The van der Waals surface area contributed by atoms with Crippen LogP contribution in [0.5, 0.6) is 0 Å². The van der Waals surface area contributed by atoms with Crippen molar-refractivity contribution in [2.75, 3.05) is 4.90 Å². The highest BCUT2D eigenvalue weighted by atomic mass is 16.2. The van der Waals surface area contributed by atoms with Gasteiger partial charge in [0.25, 0.3) is 0 Å². The Morgan fingerprint density at radius 1 is 1.16 bits per heavy atom. The van der Waals surface area contributed by atoms with Crippen molar-refractivity contribution in [1.82, 2.24) is 0 Å². The van der Waals surface area contributed by atoms with Crippen molar-refractivity contribution in [2.45, 2.75) is 32.2 Å². The predicted octanol–water partition coefficient (Wildman–Crippen LogP) is 4.60. The molecule has 126 valence electrons. The fourth-order valence-electron chi connectivity index (χ4n) is 3.76. The number of allylic oxidation sites excluding steroid dienone is 1. The molecule has 2 aromatic rings. The molecular weight excluding hydrogens is 308 g/mol. The molecule has 0 fully saturated rings. The van der Waals surface area contributed by atoms with E-state index in [0.717, 1.165) is 16.8 Å². The molecular formula is C22H22N2O. The first-order valence-electron chi connectivity index (χ1n) is 8.44. The standard InChI is InChI=1S/C22H22N2O/c1-4-21(2,3)22(14-15-23)18-12-8-9-13-19(18)24(20(22)25)16-17-10-6-5-7-11-17/h4-13H,1,14,16H2,2-3H3. The topological polar surface area (TPSA) is 44.1 Å². The quantitative estimate of drug-likeness (QED) is 0.752. The van der Waals surface area contributed by atoms with Crippen LogP contribution in [-0.4, -0.2) is 5.91 Å². The Morgan fingerprint density at radius 3 is 2.44 bits per heavy atom. The lowest BCUT2D eigenvalue weighted by atomic mass is 9.60. The summed E-state index contributed by atoms with van der Waals surface area (Å²) >= 11 is 0. The average molecular weight is 330 g/mol. The number of benzene rings is 2. The number of amides is 1. The van der Waals surface area contributed by atoms with Crippen LogP contribution in [0.15, 0.2) is 67.3 Å². The van der Waals surface area contributed by atoms with Gasteiger partial charge in [0.15, 0.2) is 0 Å². The van der Waals surface area contributed by atoms with Crippen molar-refractivity contribution < 1.29 is 4.79 Å². The Morgan fingerprint density at radius 2 is 1.80 bits per heavy atom. The van der Waals surface area contributed by atoms with Gasteiger partial charge in [-0.2, -0.15) is 5.26 Å². The molecule has 0 saturated carbocycles. The van der Waals surface area contributed by atoms with Crippen LogP contribution < -0.4 is 4.90 Å². The summed E-state index contributed by atoms with van der Waals surface area (Å²) in [4.78, 5) is 15.4. The Labute approximate surface area is 149 Å². The Hall–Kier alpha value is -2.86. The number of fused-ring (bicyclic) bond motifs is 1. The molecule has 0 aliphatic carbocycles. The molecule has 3 nitrogen and oxygen atoms in total. The fourth-order valence-corrected chi connectivity index (χ4v) is 3.76. The van der Waals surface area contributed by atoms with Crippen LogP contribution in [0.4, 0.5) is 5.69 Å². The summed E-state index contributed by atoms with van der Waals surface area (Å²) in [7, 11) is 0. The molecule has 3 rings (SSSR count). The van der Waals surface area contributed by atoms with Gasteiger partial charge in [0.1, 0.15) is 0 Å². The van der Waals surface area contributed by atoms with E-state index in [1.165, 1.54) is 0 Å². The summed E-state index contributed by atoms with van der Waals surface area (Å²) in [6, 6.07) is 20.0. The Balaban J connectivity index is 2.18. The molecule has 0 radical (unpaired) electrons. The summed E-state index contributed by atoms with van der Waals surface area (Å²) in [5, 5.41) is 9.52. The Kier molecular flexibility index (Phi) is 4.22. The van der Waals surface area contributed by atoms with Gasteiger partial charge in [-0.3, -0.25) is 4.79 Å². The second kappa shape index (κ2) is 6.22. The van der Waals surface area contributed by atoms with E-state index in [-0.39, 0.29) is 12.3 Å². The maximum absolute atomic E-state index is 13.6. The second-order valence-electron chi connectivity index (χ2n) is 7.06. The minimum Gasteiger partial charge on any atom is -0.307 e. The summed E-state index contributed by atoms with van der Waals surface area (Å²) in [6.45, 7) is 8.41. The molecule has 25 heavy (non-hydrogen) atoms. The van der Waals surface area contributed by atoms with Crippen LogP contribution in [0.2, 0.25) is 0 Å². The SMILES string of the molecule is C=CC(C)(C)C1(CC#N)C(=O)N(Cc2ccccc2)c2ccccc21. The summed E-state index contributed by atoms with van der Waals surface area (Å²) in [6.07, 6.45) is 1.93. The monoisotopic (exact) mass is 330 g/mol. The number of rotatable bonds is 5. The molecule has 1 amide bonds. The van der Waals surface area contributed by atoms with Crippen LogP contribution in [-0.2, 0) is 16.8 Å². The lowest BCUT2D eigenvalue weighted by molar-refractivity contribution is -0.126. The van der Waals surface area contributed by atoms with Gasteiger partial charge < -0.3 is 4.90 Å². The van der Waals surface area contributed by atoms with Gasteiger partial charge in [-0.15, -0.1) is 6.58 Å². The van der Waals surface area contributed by atoms with Gasteiger partial charge in [-0.25, -0.2) is 0 Å². The first kappa shape index (κ1) is 17.0. The molecule has 1 unspecified atom stereocenters. The molecule has 1 heterocycles. The van der Waals surface area contributed by atoms with Gasteiger partial charge >= 0.3 is 0 Å². The lowest BCUT2D eigenvalue weighted by Crippen LogP contribution is -2.49. The molecule has 0 spiro atoms. The normalized spacial score (nSPS) is 19.4. The number of para-hydroxylation sites is 1. The van der Waals surface area contributed by atoms with Crippen LogP contribution >= 0.6 is 0 Å². The van der Waals surface area contributed by atoms with Gasteiger partial charge in [0.2, 0.25) is 5.91 Å². The number of carbonyl (C=O) groups is 1. The first-order valence-corrected chi connectivity index (χ1v) is 8.44.